The minimum Gasteiger partial charge on any atom is -0.492 e. The number of benzene rings is 1. The predicted molar refractivity (Wildman–Crippen MR) is 113 cm³/mol. The van der Waals surface area contributed by atoms with Gasteiger partial charge in [0.05, 0.1) is 18.6 Å². The van der Waals surface area contributed by atoms with Crippen molar-refractivity contribution in [2.45, 2.75) is 53.6 Å². The van der Waals surface area contributed by atoms with Gasteiger partial charge in [-0.2, -0.15) is 0 Å². The Balaban J connectivity index is 2.26. The Morgan fingerprint density at radius 3 is 2.54 bits per heavy atom. The van der Waals surface area contributed by atoms with Crippen LogP contribution < -0.4 is 19.8 Å². The molecule has 0 unspecified atom stereocenters. The van der Waals surface area contributed by atoms with E-state index < -0.39 is 5.63 Å². The van der Waals surface area contributed by atoms with E-state index in [2.05, 4.69) is 26.8 Å². The zero-order valence-electron chi connectivity index (χ0n) is 17.6. The van der Waals surface area contributed by atoms with Gasteiger partial charge in [-0.05, 0) is 65.7 Å². The molecule has 0 N–H and O–H groups in total. The summed E-state index contributed by atoms with van der Waals surface area (Å²) in [4.78, 5) is 12.4. The van der Waals surface area contributed by atoms with Crippen molar-refractivity contribution in [3.05, 3.63) is 51.9 Å². The van der Waals surface area contributed by atoms with E-state index in [1.165, 1.54) is 18.3 Å². The fourth-order valence-corrected chi connectivity index (χ4v) is 2.77. The number of rotatable bonds is 9. The Kier molecular flexibility index (Phi) is 7.73. The van der Waals surface area contributed by atoms with Crippen LogP contribution in [0.1, 0.15) is 47.5 Å². The molecule has 2 rings (SSSR count). The SMILES string of the molecule is COc1c(OC(C)C)c(=O)oc2c(OCC=C(C)CCC=C(C)C)cccc12. The smallest absolute Gasteiger partial charge is 0.383 e. The molecule has 5 nitrogen and oxygen atoms in total. The van der Waals surface area contributed by atoms with Gasteiger partial charge >= 0.3 is 5.63 Å². The molecule has 1 aromatic carbocycles. The minimum absolute atomic E-state index is 0.0807. The van der Waals surface area contributed by atoms with E-state index in [4.69, 9.17) is 18.6 Å². The summed E-state index contributed by atoms with van der Waals surface area (Å²) in [6.45, 7) is 10.4. The number of ether oxygens (including phenoxy) is 3. The van der Waals surface area contributed by atoms with E-state index in [1.54, 1.807) is 6.07 Å². The molecule has 2 aromatic rings. The third-order valence-electron chi connectivity index (χ3n) is 4.13. The van der Waals surface area contributed by atoms with Gasteiger partial charge in [-0.25, -0.2) is 4.79 Å². The van der Waals surface area contributed by atoms with Gasteiger partial charge in [0.2, 0.25) is 5.75 Å². The molecule has 0 radical (unpaired) electrons. The molecule has 1 aromatic heterocycles. The highest BCUT2D eigenvalue weighted by Crippen LogP contribution is 2.36. The number of fused-ring (bicyclic) bond motifs is 1. The molecule has 0 aliphatic carbocycles. The average molecular weight is 386 g/mol. The van der Waals surface area contributed by atoms with Crippen molar-refractivity contribution in [2.75, 3.05) is 13.7 Å². The normalized spacial score (nSPS) is 11.6. The fraction of sp³-hybridized carbons (Fsp3) is 0.435. The van der Waals surface area contributed by atoms with Gasteiger partial charge in [-0.15, -0.1) is 0 Å². The fourth-order valence-electron chi connectivity index (χ4n) is 2.77. The molecule has 28 heavy (non-hydrogen) atoms. The first kappa shape index (κ1) is 21.6. The maximum Gasteiger partial charge on any atom is 0.383 e. The van der Waals surface area contributed by atoms with Crippen LogP contribution in [0.5, 0.6) is 17.2 Å². The maximum atomic E-state index is 12.4. The maximum absolute atomic E-state index is 12.4. The quantitative estimate of drug-likeness (QED) is 0.411. The highest BCUT2D eigenvalue weighted by molar-refractivity contribution is 5.89. The first-order valence-electron chi connectivity index (χ1n) is 9.55. The third kappa shape index (κ3) is 5.65. The summed E-state index contributed by atoms with van der Waals surface area (Å²) in [5.74, 6) is 0.938. The monoisotopic (exact) mass is 386 g/mol. The van der Waals surface area contributed by atoms with Crippen LogP contribution in [0.2, 0.25) is 0 Å². The second-order valence-electron chi connectivity index (χ2n) is 7.23. The van der Waals surface area contributed by atoms with E-state index in [-0.39, 0.29) is 11.9 Å². The molecule has 0 atom stereocenters. The van der Waals surface area contributed by atoms with Crippen LogP contribution in [-0.2, 0) is 0 Å². The summed E-state index contributed by atoms with van der Waals surface area (Å²) >= 11 is 0. The minimum atomic E-state index is -0.581. The average Bonchev–Trinajstić information content (AvgIpc) is 2.62. The lowest BCUT2D eigenvalue weighted by molar-refractivity contribution is 0.219. The Bertz CT molecular complexity index is 914. The molecule has 1 heterocycles. The molecule has 0 aliphatic rings. The van der Waals surface area contributed by atoms with E-state index in [9.17, 15) is 4.79 Å². The number of methoxy groups -OCH3 is 1. The summed E-state index contributed by atoms with van der Waals surface area (Å²) in [6, 6.07) is 5.43. The Labute approximate surface area is 166 Å². The van der Waals surface area contributed by atoms with Crippen LogP contribution in [0.15, 0.2) is 50.7 Å². The van der Waals surface area contributed by atoms with Gasteiger partial charge in [-0.3, -0.25) is 0 Å². The van der Waals surface area contributed by atoms with E-state index in [0.717, 1.165) is 12.8 Å². The molecule has 0 bridgehead atoms. The van der Waals surface area contributed by atoms with Gasteiger partial charge in [0.1, 0.15) is 6.61 Å². The second kappa shape index (κ2) is 10.0. The summed E-state index contributed by atoms with van der Waals surface area (Å²) in [5, 5.41) is 0.638. The van der Waals surface area contributed by atoms with Crippen molar-refractivity contribution in [1.82, 2.24) is 0 Å². The lowest BCUT2D eigenvalue weighted by Gasteiger charge is -2.14. The molecular weight excluding hydrogens is 356 g/mol. The van der Waals surface area contributed by atoms with Crippen LogP contribution in [0, 0.1) is 0 Å². The Morgan fingerprint density at radius 1 is 1.14 bits per heavy atom. The summed E-state index contributed by atoms with van der Waals surface area (Å²) in [6.07, 6.45) is 6.10. The van der Waals surface area contributed by atoms with Gasteiger partial charge in [0.15, 0.2) is 17.1 Å². The van der Waals surface area contributed by atoms with Crippen LogP contribution in [-0.4, -0.2) is 19.8 Å². The van der Waals surface area contributed by atoms with Gasteiger partial charge < -0.3 is 18.6 Å². The van der Waals surface area contributed by atoms with E-state index >= 15 is 0 Å². The molecule has 152 valence electrons. The van der Waals surface area contributed by atoms with Crippen molar-refractivity contribution < 1.29 is 18.6 Å². The molecule has 0 spiro atoms. The summed E-state index contributed by atoms with van der Waals surface area (Å²) in [7, 11) is 1.51. The Hall–Kier alpha value is -2.69. The third-order valence-corrected chi connectivity index (χ3v) is 4.13. The van der Waals surface area contributed by atoms with E-state index in [0.29, 0.717) is 29.1 Å². The second-order valence-corrected chi connectivity index (χ2v) is 7.23. The first-order chi connectivity index (χ1) is 13.3. The topological polar surface area (TPSA) is 57.9 Å². The lowest BCUT2D eigenvalue weighted by atomic mass is 10.1. The van der Waals surface area contributed by atoms with Crippen LogP contribution in [0.4, 0.5) is 0 Å². The van der Waals surface area contributed by atoms with Crippen LogP contribution in [0.3, 0.4) is 0 Å². The zero-order chi connectivity index (χ0) is 20.7. The number of para-hydroxylation sites is 1. The molecule has 0 fully saturated rings. The zero-order valence-corrected chi connectivity index (χ0v) is 17.6. The van der Waals surface area contributed by atoms with Crippen molar-refractivity contribution in [3.63, 3.8) is 0 Å². The number of hydrogen-bond donors (Lipinski definition) is 0. The summed E-state index contributed by atoms with van der Waals surface area (Å²) < 4.78 is 22.4. The molecule has 0 saturated heterocycles. The predicted octanol–water partition coefficient (Wildman–Crippen LogP) is 5.66. The van der Waals surface area contributed by atoms with Crippen LogP contribution >= 0.6 is 0 Å². The first-order valence-corrected chi connectivity index (χ1v) is 9.55. The summed E-state index contributed by atoms with van der Waals surface area (Å²) in [5.41, 5.74) is 2.35. The van der Waals surface area contributed by atoms with Gasteiger partial charge in [0, 0.05) is 0 Å². The molecule has 0 aliphatic heterocycles. The van der Waals surface area contributed by atoms with Gasteiger partial charge in [-0.1, -0.05) is 23.3 Å². The Morgan fingerprint density at radius 2 is 1.89 bits per heavy atom. The van der Waals surface area contributed by atoms with Crippen molar-refractivity contribution in [3.8, 4) is 17.2 Å². The van der Waals surface area contributed by atoms with Crippen LogP contribution in [0.25, 0.3) is 11.0 Å². The standard InChI is InChI=1S/C23H30O5/c1-15(2)9-7-10-17(5)13-14-26-19-12-8-11-18-20(19)28-23(24)22(21(18)25-6)27-16(3)4/h8-9,11-13,16H,7,10,14H2,1-6H3. The molecular formula is C23H30O5. The van der Waals surface area contributed by atoms with E-state index in [1.807, 2.05) is 32.1 Å². The largest absolute Gasteiger partial charge is 0.492 e. The lowest BCUT2D eigenvalue weighted by Crippen LogP contribution is -2.14. The van der Waals surface area contributed by atoms with Crippen molar-refractivity contribution >= 4 is 11.0 Å². The van der Waals surface area contributed by atoms with Crippen molar-refractivity contribution in [2.24, 2.45) is 0 Å². The molecule has 0 saturated carbocycles. The van der Waals surface area contributed by atoms with Gasteiger partial charge in [0.25, 0.3) is 0 Å². The van der Waals surface area contributed by atoms with Crippen molar-refractivity contribution in [1.29, 1.82) is 0 Å². The molecule has 5 heteroatoms. The number of hydrogen-bond acceptors (Lipinski definition) is 5. The number of allylic oxidation sites excluding steroid dienone is 3. The molecule has 0 amide bonds. The highest BCUT2D eigenvalue weighted by atomic mass is 16.5. The highest BCUT2D eigenvalue weighted by Gasteiger charge is 2.20.